The van der Waals surface area contributed by atoms with E-state index in [0.29, 0.717) is 6.42 Å². The van der Waals surface area contributed by atoms with Crippen LogP contribution in [0.3, 0.4) is 0 Å². The number of carbonyl (C=O) groups excluding carboxylic acids is 1. The zero-order chi connectivity index (χ0) is 14.1. The molecule has 1 amide bonds. The predicted octanol–water partition coefficient (Wildman–Crippen LogP) is 3.86. The van der Waals surface area contributed by atoms with Crippen LogP contribution in [0.4, 0.5) is 5.00 Å². The summed E-state index contributed by atoms with van der Waals surface area (Å²) in [5.74, 6) is 0.165. The molecular weight excluding hydrogens is 288 g/mol. The molecule has 1 fully saturated rings. The van der Waals surface area contributed by atoms with Crippen molar-refractivity contribution in [1.82, 2.24) is 5.32 Å². The lowest BCUT2D eigenvalue weighted by atomic mass is 10.0. The molecule has 1 saturated heterocycles. The van der Waals surface area contributed by atoms with Gasteiger partial charge in [0.05, 0.1) is 17.1 Å². The first-order valence-electron chi connectivity index (χ1n) is 6.78. The topological polar surface area (TPSA) is 41.1 Å². The van der Waals surface area contributed by atoms with E-state index in [1.165, 1.54) is 21.0 Å². The summed E-state index contributed by atoms with van der Waals surface area (Å²) < 4.78 is 0. The average Bonchev–Trinajstić information content (AvgIpc) is 3.10. The van der Waals surface area contributed by atoms with Crippen LogP contribution >= 0.6 is 22.7 Å². The molecule has 2 N–H and O–H groups in total. The fourth-order valence-electron chi connectivity index (χ4n) is 2.54. The number of thiophene rings is 2. The van der Waals surface area contributed by atoms with E-state index in [0.717, 1.165) is 6.42 Å². The van der Waals surface area contributed by atoms with Crippen LogP contribution in [0, 0.1) is 13.8 Å². The van der Waals surface area contributed by atoms with Crippen LogP contribution in [0.15, 0.2) is 22.9 Å². The van der Waals surface area contributed by atoms with Crippen LogP contribution < -0.4 is 10.6 Å². The van der Waals surface area contributed by atoms with Crippen LogP contribution in [0.25, 0.3) is 0 Å². The number of carbonyl (C=O) groups is 1. The molecule has 0 aliphatic carbocycles. The van der Waals surface area contributed by atoms with Crippen LogP contribution in [0.5, 0.6) is 0 Å². The Hall–Kier alpha value is -1.33. The molecule has 0 saturated carbocycles. The summed E-state index contributed by atoms with van der Waals surface area (Å²) in [6.45, 7) is 4.23. The Morgan fingerprint density at radius 1 is 1.40 bits per heavy atom. The Balaban J connectivity index is 1.87. The highest BCUT2D eigenvalue weighted by atomic mass is 32.1. The first kappa shape index (κ1) is 13.6. The van der Waals surface area contributed by atoms with Gasteiger partial charge in [0.2, 0.25) is 5.91 Å². The molecule has 1 aliphatic heterocycles. The standard InChI is InChI=1S/C15H18N2OS2/c1-9-7-12(20-8-9)14(11-3-4-13(18)16-11)17-15-10(2)5-6-19-15/h5-8,11,14,17H,3-4H2,1-2H3,(H,16,18)/t11-,14?/m1/s1. The number of hydrogen-bond acceptors (Lipinski definition) is 4. The number of nitrogens with one attached hydrogen (secondary N) is 2. The van der Waals surface area contributed by atoms with Gasteiger partial charge in [-0.3, -0.25) is 4.79 Å². The molecule has 20 heavy (non-hydrogen) atoms. The number of amides is 1. The lowest BCUT2D eigenvalue weighted by Gasteiger charge is -2.24. The summed E-state index contributed by atoms with van der Waals surface area (Å²) in [5, 5.41) is 12.2. The maximum absolute atomic E-state index is 11.5. The normalized spacial score (nSPS) is 19.9. The monoisotopic (exact) mass is 306 g/mol. The molecule has 5 heteroatoms. The zero-order valence-electron chi connectivity index (χ0n) is 11.6. The highest BCUT2D eigenvalue weighted by Gasteiger charge is 2.31. The third-order valence-corrected chi connectivity index (χ3v) is 5.72. The maximum Gasteiger partial charge on any atom is 0.220 e. The van der Waals surface area contributed by atoms with E-state index in [2.05, 4.69) is 47.4 Å². The molecule has 2 atom stereocenters. The molecule has 2 aromatic heterocycles. The van der Waals surface area contributed by atoms with Gasteiger partial charge in [-0.15, -0.1) is 22.7 Å². The molecule has 0 bridgehead atoms. The molecule has 1 aliphatic rings. The van der Waals surface area contributed by atoms with E-state index in [-0.39, 0.29) is 18.0 Å². The van der Waals surface area contributed by atoms with Crippen molar-refractivity contribution in [1.29, 1.82) is 0 Å². The van der Waals surface area contributed by atoms with Gasteiger partial charge in [0.1, 0.15) is 0 Å². The van der Waals surface area contributed by atoms with Gasteiger partial charge in [0.15, 0.2) is 0 Å². The third kappa shape index (κ3) is 2.74. The number of hydrogen-bond donors (Lipinski definition) is 2. The summed E-state index contributed by atoms with van der Waals surface area (Å²) in [5.41, 5.74) is 2.54. The van der Waals surface area contributed by atoms with E-state index in [4.69, 9.17) is 0 Å². The number of aryl methyl sites for hydroxylation is 2. The Bertz CT molecular complexity index is 617. The van der Waals surface area contributed by atoms with Crippen LogP contribution in [0.1, 0.15) is 34.9 Å². The Labute approximate surface area is 127 Å². The van der Waals surface area contributed by atoms with Crippen LogP contribution in [-0.2, 0) is 4.79 Å². The van der Waals surface area contributed by atoms with Gasteiger partial charge in [0.25, 0.3) is 0 Å². The van der Waals surface area contributed by atoms with Crippen molar-refractivity contribution >= 4 is 33.6 Å². The van der Waals surface area contributed by atoms with Crippen LogP contribution in [0.2, 0.25) is 0 Å². The summed E-state index contributed by atoms with van der Waals surface area (Å²) in [6.07, 6.45) is 1.54. The van der Waals surface area contributed by atoms with Crippen molar-refractivity contribution in [3.63, 3.8) is 0 Å². The molecule has 0 radical (unpaired) electrons. The SMILES string of the molecule is Cc1csc(C(Nc2sccc2C)[C@H]2CCC(=O)N2)c1. The van der Waals surface area contributed by atoms with Crippen molar-refractivity contribution in [2.24, 2.45) is 0 Å². The number of rotatable bonds is 4. The van der Waals surface area contributed by atoms with E-state index >= 15 is 0 Å². The van der Waals surface area contributed by atoms with Gasteiger partial charge < -0.3 is 10.6 Å². The van der Waals surface area contributed by atoms with E-state index in [1.54, 1.807) is 22.7 Å². The summed E-state index contributed by atoms with van der Waals surface area (Å²) in [4.78, 5) is 12.8. The minimum absolute atomic E-state index is 0.164. The second-order valence-electron chi connectivity index (χ2n) is 5.29. The minimum atomic E-state index is 0.164. The molecular formula is C15H18N2OS2. The van der Waals surface area contributed by atoms with Gasteiger partial charge in [-0.05, 0) is 54.3 Å². The molecule has 106 valence electrons. The van der Waals surface area contributed by atoms with Gasteiger partial charge in [-0.2, -0.15) is 0 Å². The minimum Gasteiger partial charge on any atom is -0.367 e. The van der Waals surface area contributed by atoms with Crippen LogP contribution in [-0.4, -0.2) is 11.9 Å². The van der Waals surface area contributed by atoms with Gasteiger partial charge >= 0.3 is 0 Å². The second-order valence-corrected chi connectivity index (χ2v) is 7.15. The predicted molar refractivity (Wildman–Crippen MR) is 85.6 cm³/mol. The summed E-state index contributed by atoms with van der Waals surface area (Å²) >= 11 is 3.48. The highest BCUT2D eigenvalue weighted by molar-refractivity contribution is 7.14. The van der Waals surface area contributed by atoms with E-state index in [1.807, 2.05) is 0 Å². The lowest BCUT2D eigenvalue weighted by Crippen LogP contribution is -2.34. The van der Waals surface area contributed by atoms with Gasteiger partial charge in [-0.1, -0.05) is 0 Å². The van der Waals surface area contributed by atoms with Crippen molar-refractivity contribution in [3.05, 3.63) is 38.9 Å². The largest absolute Gasteiger partial charge is 0.367 e. The molecule has 3 heterocycles. The summed E-state index contributed by atoms with van der Waals surface area (Å²) in [7, 11) is 0. The molecule has 3 rings (SSSR count). The smallest absolute Gasteiger partial charge is 0.220 e. The molecule has 3 nitrogen and oxygen atoms in total. The van der Waals surface area contributed by atoms with Crippen molar-refractivity contribution in [2.45, 2.75) is 38.8 Å². The molecule has 0 aromatic carbocycles. The molecule has 1 unspecified atom stereocenters. The Morgan fingerprint density at radius 3 is 2.80 bits per heavy atom. The lowest BCUT2D eigenvalue weighted by molar-refractivity contribution is -0.119. The third-order valence-electron chi connectivity index (χ3n) is 3.64. The zero-order valence-corrected chi connectivity index (χ0v) is 13.2. The quantitative estimate of drug-likeness (QED) is 0.900. The van der Waals surface area contributed by atoms with Gasteiger partial charge in [-0.25, -0.2) is 0 Å². The second kappa shape index (κ2) is 5.58. The van der Waals surface area contributed by atoms with Crippen molar-refractivity contribution in [3.8, 4) is 0 Å². The Morgan fingerprint density at radius 2 is 2.25 bits per heavy atom. The maximum atomic E-state index is 11.5. The van der Waals surface area contributed by atoms with E-state index in [9.17, 15) is 4.79 Å². The average molecular weight is 306 g/mol. The number of anilines is 1. The summed E-state index contributed by atoms with van der Waals surface area (Å²) in [6, 6.07) is 4.69. The fraction of sp³-hybridized carbons (Fsp3) is 0.400. The van der Waals surface area contributed by atoms with Gasteiger partial charge in [0, 0.05) is 11.3 Å². The van der Waals surface area contributed by atoms with Crippen molar-refractivity contribution in [2.75, 3.05) is 5.32 Å². The molecule has 0 spiro atoms. The first-order chi connectivity index (χ1) is 9.63. The van der Waals surface area contributed by atoms with E-state index < -0.39 is 0 Å². The Kier molecular flexibility index (Phi) is 3.81. The first-order valence-corrected chi connectivity index (χ1v) is 8.54. The fourth-order valence-corrected chi connectivity index (χ4v) is 4.41. The molecule has 2 aromatic rings. The van der Waals surface area contributed by atoms with Crippen molar-refractivity contribution < 1.29 is 4.79 Å². The highest BCUT2D eigenvalue weighted by Crippen LogP contribution is 2.34.